The number of methoxy groups -OCH3 is 1. The molecule has 1 N–H and O–H groups in total. The number of ether oxygens (including phenoxy) is 2. The largest absolute Gasteiger partial charge is 0.493 e. The average Bonchev–Trinajstić information content (AvgIpc) is 3.45. The van der Waals surface area contributed by atoms with Gasteiger partial charge in [-0.05, 0) is 47.0 Å². The number of anilines is 1. The molecule has 0 radical (unpaired) electrons. The third-order valence-electron chi connectivity index (χ3n) is 6.07. The zero-order valence-electron chi connectivity index (χ0n) is 21.4. The SMILES string of the molecule is COc1cc(C=CC(=O)Nc2nc(-c3ccc(-c4ccccc4)cc3)cs2)ccc1OCc1c(Cl)cccc1Cl. The predicted molar refractivity (Wildman–Crippen MR) is 164 cm³/mol. The van der Waals surface area contributed by atoms with E-state index in [1.165, 1.54) is 17.4 Å². The summed E-state index contributed by atoms with van der Waals surface area (Å²) < 4.78 is 11.4. The molecule has 40 heavy (non-hydrogen) atoms. The Kier molecular flexibility index (Phi) is 8.81. The van der Waals surface area contributed by atoms with E-state index in [0.717, 1.165) is 27.9 Å². The van der Waals surface area contributed by atoms with Crippen LogP contribution >= 0.6 is 34.5 Å². The molecule has 4 aromatic carbocycles. The smallest absolute Gasteiger partial charge is 0.250 e. The van der Waals surface area contributed by atoms with Crippen molar-refractivity contribution in [3.05, 3.63) is 124 Å². The number of nitrogens with zero attached hydrogens (tertiary/aromatic N) is 1. The molecule has 200 valence electrons. The highest BCUT2D eigenvalue weighted by atomic mass is 35.5. The first-order valence-corrected chi connectivity index (χ1v) is 14.0. The lowest BCUT2D eigenvalue weighted by Gasteiger charge is -2.13. The van der Waals surface area contributed by atoms with E-state index in [1.807, 2.05) is 41.8 Å². The molecular formula is C32H24Cl2N2O3S. The summed E-state index contributed by atoms with van der Waals surface area (Å²) in [7, 11) is 1.56. The van der Waals surface area contributed by atoms with Crippen molar-refractivity contribution >= 4 is 51.7 Å². The van der Waals surface area contributed by atoms with Gasteiger partial charge in [-0.15, -0.1) is 11.3 Å². The Bertz CT molecular complexity index is 1630. The minimum Gasteiger partial charge on any atom is -0.493 e. The summed E-state index contributed by atoms with van der Waals surface area (Å²) in [5.41, 5.74) is 5.56. The maximum atomic E-state index is 12.6. The van der Waals surface area contributed by atoms with Crippen LogP contribution < -0.4 is 14.8 Å². The van der Waals surface area contributed by atoms with Crippen LogP contribution in [0.25, 0.3) is 28.5 Å². The van der Waals surface area contributed by atoms with Gasteiger partial charge < -0.3 is 9.47 Å². The molecule has 0 aliphatic carbocycles. The number of hydrogen-bond donors (Lipinski definition) is 1. The third kappa shape index (κ3) is 6.72. The Morgan fingerprint density at radius 3 is 2.30 bits per heavy atom. The zero-order chi connectivity index (χ0) is 27.9. The number of rotatable bonds is 9. The van der Waals surface area contributed by atoms with Crippen LogP contribution in [0.1, 0.15) is 11.1 Å². The van der Waals surface area contributed by atoms with Crippen LogP contribution in [0.5, 0.6) is 11.5 Å². The molecule has 1 aromatic heterocycles. The van der Waals surface area contributed by atoms with Gasteiger partial charge >= 0.3 is 0 Å². The van der Waals surface area contributed by atoms with E-state index in [9.17, 15) is 4.79 Å². The lowest BCUT2D eigenvalue weighted by molar-refractivity contribution is -0.111. The minimum absolute atomic E-state index is 0.194. The van der Waals surface area contributed by atoms with Crippen LogP contribution in [0, 0.1) is 0 Å². The fourth-order valence-corrected chi connectivity index (χ4v) is 5.20. The van der Waals surface area contributed by atoms with Gasteiger partial charge in [-0.25, -0.2) is 4.98 Å². The molecule has 1 heterocycles. The van der Waals surface area contributed by atoms with Gasteiger partial charge in [-0.3, -0.25) is 10.1 Å². The van der Waals surface area contributed by atoms with Crippen molar-refractivity contribution < 1.29 is 14.3 Å². The second kappa shape index (κ2) is 12.8. The number of nitrogens with one attached hydrogen (secondary N) is 1. The molecule has 0 aliphatic heterocycles. The number of halogens is 2. The van der Waals surface area contributed by atoms with Crippen LogP contribution in [0.3, 0.4) is 0 Å². The van der Waals surface area contributed by atoms with Crippen LogP contribution in [0.4, 0.5) is 5.13 Å². The van der Waals surface area contributed by atoms with E-state index in [4.69, 9.17) is 32.7 Å². The zero-order valence-corrected chi connectivity index (χ0v) is 23.8. The van der Waals surface area contributed by atoms with Crippen molar-refractivity contribution in [1.29, 1.82) is 0 Å². The van der Waals surface area contributed by atoms with Crippen molar-refractivity contribution in [1.82, 2.24) is 4.98 Å². The Morgan fingerprint density at radius 1 is 0.875 bits per heavy atom. The summed E-state index contributed by atoms with van der Waals surface area (Å²) in [5, 5.41) is 6.35. The van der Waals surface area contributed by atoms with E-state index in [1.54, 1.807) is 43.5 Å². The van der Waals surface area contributed by atoms with Crippen LogP contribution in [0.2, 0.25) is 10.0 Å². The van der Waals surface area contributed by atoms with Crippen molar-refractivity contribution in [2.24, 2.45) is 0 Å². The molecule has 0 unspecified atom stereocenters. The molecule has 0 atom stereocenters. The number of thiazole rings is 1. The van der Waals surface area contributed by atoms with Crippen molar-refractivity contribution in [3.63, 3.8) is 0 Å². The van der Waals surface area contributed by atoms with Crippen LogP contribution in [0.15, 0.2) is 102 Å². The first-order valence-electron chi connectivity index (χ1n) is 12.3. The quantitative estimate of drug-likeness (QED) is 0.175. The lowest BCUT2D eigenvalue weighted by Crippen LogP contribution is -2.07. The first-order chi connectivity index (χ1) is 19.5. The first kappa shape index (κ1) is 27.5. The number of carbonyl (C=O) groups is 1. The maximum Gasteiger partial charge on any atom is 0.250 e. The number of amides is 1. The number of benzene rings is 4. The molecule has 0 spiro atoms. The van der Waals surface area contributed by atoms with E-state index in [-0.39, 0.29) is 12.5 Å². The molecule has 0 saturated heterocycles. The standard InChI is InChI=1S/C32H24Cl2N2O3S/c1-38-30-18-21(10-16-29(30)39-19-25-26(33)8-5-9-27(25)34)11-17-31(37)36-32-35-28(20-40-32)24-14-12-23(13-15-24)22-6-3-2-4-7-22/h2-18,20H,19H2,1H3,(H,35,36,37). The molecule has 5 nitrogen and oxygen atoms in total. The summed E-state index contributed by atoms with van der Waals surface area (Å²) in [5.74, 6) is 0.772. The van der Waals surface area contributed by atoms with Gasteiger partial charge in [-0.1, -0.05) is 89.9 Å². The topological polar surface area (TPSA) is 60.5 Å². The van der Waals surface area contributed by atoms with Gasteiger partial charge in [0.15, 0.2) is 16.6 Å². The molecule has 0 fully saturated rings. The third-order valence-corrected chi connectivity index (χ3v) is 7.54. The van der Waals surface area contributed by atoms with Crippen LogP contribution in [-0.4, -0.2) is 18.0 Å². The van der Waals surface area contributed by atoms with E-state index in [0.29, 0.717) is 32.2 Å². The molecule has 8 heteroatoms. The summed E-state index contributed by atoms with van der Waals surface area (Å²) in [6, 6.07) is 29.1. The second-order valence-electron chi connectivity index (χ2n) is 8.70. The highest BCUT2D eigenvalue weighted by Gasteiger charge is 2.11. The Balaban J connectivity index is 1.20. The molecule has 0 bridgehead atoms. The van der Waals surface area contributed by atoms with Crippen molar-refractivity contribution in [2.45, 2.75) is 6.61 Å². The molecule has 0 saturated carbocycles. The van der Waals surface area contributed by atoms with Gasteiger partial charge in [0, 0.05) is 32.6 Å². The number of hydrogen-bond acceptors (Lipinski definition) is 5. The number of aromatic nitrogens is 1. The van der Waals surface area contributed by atoms with E-state index in [2.05, 4.69) is 34.6 Å². The highest BCUT2D eigenvalue weighted by Crippen LogP contribution is 2.32. The van der Waals surface area contributed by atoms with E-state index >= 15 is 0 Å². The summed E-state index contributed by atoms with van der Waals surface area (Å²) in [6.45, 7) is 0.194. The van der Waals surface area contributed by atoms with Crippen molar-refractivity contribution in [3.8, 4) is 33.9 Å². The normalized spacial score (nSPS) is 11.0. The lowest BCUT2D eigenvalue weighted by atomic mass is 10.0. The molecule has 1 amide bonds. The molecule has 0 aliphatic rings. The van der Waals surface area contributed by atoms with Crippen LogP contribution in [-0.2, 0) is 11.4 Å². The van der Waals surface area contributed by atoms with Crippen molar-refractivity contribution in [2.75, 3.05) is 12.4 Å². The van der Waals surface area contributed by atoms with Gasteiger partial charge in [0.1, 0.15) is 6.61 Å². The van der Waals surface area contributed by atoms with E-state index < -0.39 is 0 Å². The summed E-state index contributed by atoms with van der Waals surface area (Å²) >= 11 is 13.8. The second-order valence-corrected chi connectivity index (χ2v) is 10.4. The molecule has 5 rings (SSSR count). The fraction of sp³-hybridized carbons (Fsp3) is 0.0625. The highest BCUT2D eigenvalue weighted by molar-refractivity contribution is 7.14. The predicted octanol–water partition coefficient (Wildman–Crippen LogP) is 9.02. The Morgan fingerprint density at radius 2 is 1.57 bits per heavy atom. The number of carbonyl (C=O) groups excluding carboxylic acids is 1. The monoisotopic (exact) mass is 586 g/mol. The summed E-state index contributed by atoms with van der Waals surface area (Å²) in [6.07, 6.45) is 3.15. The Labute approximate surface area is 246 Å². The van der Waals surface area contributed by atoms with Gasteiger partial charge in [0.2, 0.25) is 5.91 Å². The summed E-state index contributed by atoms with van der Waals surface area (Å²) in [4.78, 5) is 17.1. The molecule has 5 aromatic rings. The molecular weight excluding hydrogens is 563 g/mol. The minimum atomic E-state index is -0.284. The Hall–Kier alpha value is -4.10. The van der Waals surface area contributed by atoms with Gasteiger partial charge in [0.25, 0.3) is 0 Å². The van der Waals surface area contributed by atoms with Gasteiger partial charge in [-0.2, -0.15) is 0 Å². The van der Waals surface area contributed by atoms with Gasteiger partial charge in [0.05, 0.1) is 12.8 Å². The fourth-order valence-electron chi connectivity index (χ4n) is 3.97. The average molecular weight is 588 g/mol. The maximum absolute atomic E-state index is 12.6.